The van der Waals surface area contributed by atoms with E-state index in [0.29, 0.717) is 37.1 Å². The molecule has 0 bridgehead atoms. The smallest absolute Gasteiger partial charge is 0.343 e. The summed E-state index contributed by atoms with van der Waals surface area (Å²) in [6, 6.07) is 17.3. The molecule has 0 radical (unpaired) electrons. The molecule has 0 spiro atoms. The molecule has 0 aliphatic rings. The van der Waals surface area contributed by atoms with Crippen LogP contribution in [0.3, 0.4) is 0 Å². The third-order valence-electron chi connectivity index (χ3n) is 3.48. The Morgan fingerprint density at radius 3 is 1.67 bits per heavy atom. The summed E-state index contributed by atoms with van der Waals surface area (Å²) in [4.78, 5) is 24.3. The van der Waals surface area contributed by atoms with E-state index >= 15 is 0 Å². The third kappa shape index (κ3) is 5.10. The van der Waals surface area contributed by atoms with Crippen LogP contribution in [-0.4, -0.2) is 11.9 Å². The second kappa shape index (κ2) is 8.57. The van der Waals surface area contributed by atoms with E-state index in [9.17, 15) is 9.59 Å². The standard InChI is InChI=1S/C20H11BrCl2O4/c21-17-11-16(26-19(24)12-1-5-14(22)6-2-12)9-10-18(17)27-20(25)13-3-7-15(23)8-4-13/h1-11H. The van der Waals surface area contributed by atoms with Gasteiger partial charge in [0.2, 0.25) is 0 Å². The molecule has 7 heteroatoms. The Kier molecular flexibility index (Phi) is 6.16. The van der Waals surface area contributed by atoms with Gasteiger partial charge in [-0.1, -0.05) is 23.2 Å². The van der Waals surface area contributed by atoms with E-state index in [2.05, 4.69) is 15.9 Å². The fraction of sp³-hybridized carbons (Fsp3) is 0. The molecule has 4 nitrogen and oxygen atoms in total. The van der Waals surface area contributed by atoms with Crippen LogP contribution in [0, 0.1) is 0 Å². The number of hydrogen-bond donors (Lipinski definition) is 0. The Hall–Kier alpha value is -2.34. The molecule has 0 N–H and O–H groups in total. The molecule has 0 aliphatic heterocycles. The van der Waals surface area contributed by atoms with E-state index in [1.165, 1.54) is 18.2 Å². The van der Waals surface area contributed by atoms with Crippen molar-refractivity contribution in [3.05, 3.63) is 92.4 Å². The summed E-state index contributed by atoms with van der Waals surface area (Å²) >= 11 is 14.9. The monoisotopic (exact) mass is 464 g/mol. The van der Waals surface area contributed by atoms with Crippen LogP contribution in [0.1, 0.15) is 20.7 Å². The molecular formula is C20H11BrCl2O4. The number of carbonyl (C=O) groups excluding carboxylic acids is 2. The van der Waals surface area contributed by atoms with Crippen LogP contribution in [0.15, 0.2) is 71.2 Å². The van der Waals surface area contributed by atoms with Crippen LogP contribution in [0.5, 0.6) is 11.5 Å². The van der Waals surface area contributed by atoms with E-state index in [0.717, 1.165) is 0 Å². The third-order valence-corrected chi connectivity index (χ3v) is 4.60. The maximum atomic E-state index is 12.2. The Morgan fingerprint density at radius 2 is 1.19 bits per heavy atom. The van der Waals surface area contributed by atoms with E-state index in [1.807, 2.05) is 0 Å². The first-order valence-corrected chi connectivity index (χ1v) is 9.22. The molecule has 0 aliphatic carbocycles. The number of rotatable bonds is 4. The van der Waals surface area contributed by atoms with Gasteiger partial charge >= 0.3 is 11.9 Å². The molecule has 0 atom stereocenters. The maximum absolute atomic E-state index is 12.2. The van der Waals surface area contributed by atoms with Crippen LogP contribution in [0.2, 0.25) is 10.0 Å². The quantitative estimate of drug-likeness (QED) is 0.340. The van der Waals surface area contributed by atoms with Crippen molar-refractivity contribution in [3.63, 3.8) is 0 Å². The summed E-state index contributed by atoms with van der Waals surface area (Å²) in [5, 5.41) is 1.06. The van der Waals surface area contributed by atoms with Gasteiger partial charge in [-0.25, -0.2) is 9.59 Å². The highest BCUT2D eigenvalue weighted by Gasteiger charge is 2.14. The highest BCUT2D eigenvalue weighted by Crippen LogP contribution is 2.30. The normalized spacial score (nSPS) is 10.3. The van der Waals surface area contributed by atoms with Crippen molar-refractivity contribution in [2.75, 3.05) is 0 Å². The molecule has 3 aromatic rings. The van der Waals surface area contributed by atoms with Crippen molar-refractivity contribution in [3.8, 4) is 11.5 Å². The molecule has 136 valence electrons. The van der Waals surface area contributed by atoms with Crippen molar-refractivity contribution < 1.29 is 19.1 Å². The summed E-state index contributed by atoms with van der Waals surface area (Å²) in [6.07, 6.45) is 0. The van der Waals surface area contributed by atoms with E-state index < -0.39 is 11.9 Å². The number of halogens is 3. The molecule has 0 aromatic heterocycles. The molecule has 0 fully saturated rings. The number of carbonyl (C=O) groups is 2. The minimum Gasteiger partial charge on any atom is -0.423 e. The Morgan fingerprint density at radius 1 is 0.704 bits per heavy atom. The summed E-state index contributed by atoms with van der Waals surface area (Å²) in [6.45, 7) is 0. The average molecular weight is 466 g/mol. The molecule has 0 amide bonds. The Balaban J connectivity index is 1.69. The Bertz CT molecular complexity index is 986. The molecule has 3 aromatic carbocycles. The minimum absolute atomic E-state index is 0.293. The summed E-state index contributed by atoms with van der Waals surface area (Å²) in [7, 11) is 0. The number of esters is 2. The van der Waals surface area contributed by atoms with Gasteiger partial charge < -0.3 is 9.47 Å². The zero-order valence-corrected chi connectivity index (χ0v) is 16.7. The van der Waals surface area contributed by atoms with Crippen LogP contribution in [0.25, 0.3) is 0 Å². The first kappa shape index (κ1) is 19.4. The van der Waals surface area contributed by atoms with Crippen molar-refractivity contribution in [2.24, 2.45) is 0 Å². The van der Waals surface area contributed by atoms with Gasteiger partial charge in [-0.15, -0.1) is 0 Å². The van der Waals surface area contributed by atoms with Gasteiger partial charge in [0.1, 0.15) is 11.5 Å². The largest absolute Gasteiger partial charge is 0.423 e. The zero-order valence-electron chi connectivity index (χ0n) is 13.6. The van der Waals surface area contributed by atoms with Crippen LogP contribution < -0.4 is 9.47 Å². The fourth-order valence-electron chi connectivity index (χ4n) is 2.12. The predicted octanol–water partition coefficient (Wildman–Crippen LogP) is 6.19. The first-order valence-electron chi connectivity index (χ1n) is 7.67. The topological polar surface area (TPSA) is 52.6 Å². The number of hydrogen-bond acceptors (Lipinski definition) is 4. The highest BCUT2D eigenvalue weighted by atomic mass is 79.9. The Labute approximate surface area is 173 Å². The second-order valence-electron chi connectivity index (χ2n) is 5.39. The minimum atomic E-state index is -0.529. The van der Waals surface area contributed by atoms with E-state index in [1.54, 1.807) is 48.5 Å². The predicted molar refractivity (Wildman–Crippen MR) is 107 cm³/mol. The number of ether oxygens (including phenoxy) is 2. The van der Waals surface area contributed by atoms with Gasteiger partial charge in [-0.2, -0.15) is 0 Å². The summed E-state index contributed by atoms with van der Waals surface area (Å²) in [5.74, 6) is -0.461. The fourth-order valence-corrected chi connectivity index (χ4v) is 2.82. The zero-order chi connectivity index (χ0) is 19.4. The van der Waals surface area contributed by atoms with Crippen LogP contribution in [-0.2, 0) is 0 Å². The van der Waals surface area contributed by atoms with Crippen LogP contribution >= 0.6 is 39.1 Å². The SMILES string of the molecule is O=C(Oc1ccc(OC(=O)c2ccc(Cl)cc2)c(Br)c1)c1ccc(Cl)cc1. The van der Waals surface area contributed by atoms with E-state index in [-0.39, 0.29) is 0 Å². The van der Waals surface area contributed by atoms with Crippen molar-refractivity contribution >= 4 is 51.1 Å². The maximum Gasteiger partial charge on any atom is 0.343 e. The second-order valence-corrected chi connectivity index (χ2v) is 7.11. The lowest BCUT2D eigenvalue weighted by molar-refractivity contribution is 0.0718. The molecule has 27 heavy (non-hydrogen) atoms. The van der Waals surface area contributed by atoms with Gasteiger partial charge in [0.15, 0.2) is 0 Å². The summed E-state index contributed by atoms with van der Waals surface area (Å²) in [5.41, 5.74) is 0.735. The first-order chi connectivity index (χ1) is 12.9. The molecule has 0 saturated carbocycles. The van der Waals surface area contributed by atoms with Crippen molar-refractivity contribution in [2.45, 2.75) is 0 Å². The molecule has 0 saturated heterocycles. The lowest BCUT2D eigenvalue weighted by Gasteiger charge is -2.09. The van der Waals surface area contributed by atoms with E-state index in [4.69, 9.17) is 32.7 Å². The molecule has 0 unspecified atom stereocenters. The number of benzene rings is 3. The van der Waals surface area contributed by atoms with Gasteiger partial charge in [-0.3, -0.25) is 0 Å². The lowest BCUT2D eigenvalue weighted by atomic mass is 10.2. The van der Waals surface area contributed by atoms with Gasteiger partial charge in [0.25, 0.3) is 0 Å². The lowest BCUT2D eigenvalue weighted by Crippen LogP contribution is -2.10. The average Bonchev–Trinajstić information content (AvgIpc) is 2.65. The molecular weight excluding hydrogens is 455 g/mol. The van der Waals surface area contributed by atoms with Crippen molar-refractivity contribution in [1.82, 2.24) is 0 Å². The summed E-state index contributed by atoms with van der Waals surface area (Å²) < 4.78 is 11.1. The van der Waals surface area contributed by atoms with Gasteiger partial charge in [-0.05, 0) is 82.7 Å². The molecule has 0 heterocycles. The van der Waals surface area contributed by atoms with Gasteiger partial charge in [0.05, 0.1) is 15.6 Å². The van der Waals surface area contributed by atoms with Crippen LogP contribution in [0.4, 0.5) is 0 Å². The van der Waals surface area contributed by atoms with Gasteiger partial charge in [0, 0.05) is 10.0 Å². The van der Waals surface area contributed by atoms with Crippen molar-refractivity contribution in [1.29, 1.82) is 0 Å². The molecule has 3 rings (SSSR count). The highest BCUT2D eigenvalue weighted by molar-refractivity contribution is 9.10.